The summed E-state index contributed by atoms with van der Waals surface area (Å²) in [5, 5.41) is 6.62. The van der Waals surface area contributed by atoms with Crippen LogP contribution < -0.4 is 5.32 Å². The summed E-state index contributed by atoms with van der Waals surface area (Å²) in [6.45, 7) is 9.46. The van der Waals surface area contributed by atoms with Gasteiger partial charge < -0.3 is 14.3 Å². The van der Waals surface area contributed by atoms with Crippen molar-refractivity contribution in [3.8, 4) is 11.1 Å². The molecular weight excluding hydrogens is 399 g/mol. The first kappa shape index (κ1) is 20.7. The van der Waals surface area contributed by atoms with Gasteiger partial charge in [-0.15, -0.1) is 0 Å². The molecule has 0 spiro atoms. The topological polar surface area (TPSA) is 94.1 Å². The minimum atomic E-state index is -0.471. The number of carbonyl (C=O) groups excluding carboxylic acids is 1. The van der Waals surface area contributed by atoms with Gasteiger partial charge in [0.2, 0.25) is 11.8 Å². The molecule has 0 bridgehead atoms. The molecule has 4 aromatic rings. The molecule has 31 heavy (non-hydrogen) atoms. The molecule has 0 aliphatic rings. The van der Waals surface area contributed by atoms with E-state index in [4.69, 9.17) is 8.94 Å². The lowest BCUT2D eigenvalue weighted by Crippen LogP contribution is -2.27. The lowest BCUT2D eigenvalue weighted by Gasteiger charge is -2.12. The first-order valence-electron chi connectivity index (χ1n) is 9.94. The molecule has 0 aliphatic heterocycles. The lowest BCUT2D eigenvalue weighted by molar-refractivity contribution is 0.0932. The summed E-state index contributed by atoms with van der Waals surface area (Å²) in [5.74, 6) is 0.702. The molecule has 2 aromatic heterocycles. The van der Waals surface area contributed by atoms with Gasteiger partial charge in [-0.1, -0.05) is 38.1 Å². The number of aromatic nitrogens is 3. The van der Waals surface area contributed by atoms with Crippen molar-refractivity contribution in [2.45, 2.75) is 46.1 Å². The predicted molar refractivity (Wildman–Crippen MR) is 113 cm³/mol. The third kappa shape index (κ3) is 4.19. The first-order valence-corrected chi connectivity index (χ1v) is 9.94. The molecule has 7 nitrogen and oxygen atoms in total. The Kier molecular flexibility index (Phi) is 5.08. The first-order chi connectivity index (χ1) is 14.6. The van der Waals surface area contributed by atoms with Crippen molar-refractivity contribution in [1.82, 2.24) is 20.4 Å². The van der Waals surface area contributed by atoms with Gasteiger partial charge in [-0.3, -0.25) is 4.79 Å². The number of nitrogens with one attached hydrogen (secondary N) is 1. The van der Waals surface area contributed by atoms with Crippen molar-refractivity contribution in [2.75, 3.05) is 0 Å². The zero-order valence-electron chi connectivity index (χ0n) is 18.0. The van der Waals surface area contributed by atoms with Crippen LogP contribution in [-0.4, -0.2) is 21.0 Å². The molecule has 1 atom stereocenters. The second-order valence-electron chi connectivity index (χ2n) is 8.52. The highest BCUT2D eigenvalue weighted by Crippen LogP contribution is 2.34. The molecule has 1 amide bonds. The highest BCUT2D eigenvalue weighted by atomic mass is 19.1. The number of hydrogen-bond acceptors (Lipinski definition) is 6. The van der Waals surface area contributed by atoms with Crippen molar-refractivity contribution in [1.29, 1.82) is 0 Å². The average molecular weight is 422 g/mol. The van der Waals surface area contributed by atoms with Gasteiger partial charge in [-0.2, -0.15) is 4.98 Å². The van der Waals surface area contributed by atoms with E-state index in [0.29, 0.717) is 39.8 Å². The second kappa shape index (κ2) is 7.61. The minimum Gasteiger partial charge on any atom is -0.439 e. The van der Waals surface area contributed by atoms with E-state index in [9.17, 15) is 9.18 Å². The molecule has 0 aliphatic carbocycles. The maximum absolute atomic E-state index is 13.5. The van der Waals surface area contributed by atoms with E-state index in [2.05, 4.69) is 20.4 Å². The van der Waals surface area contributed by atoms with Crippen LogP contribution >= 0.6 is 0 Å². The smallest absolute Gasteiger partial charge is 0.252 e. The Hall–Kier alpha value is -3.55. The minimum absolute atomic E-state index is 0.314. The summed E-state index contributed by atoms with van der Waals surface area (Å²) in [4.78, 5) is 21.8. The van der Waals surface area contributed by atoms with Crippen molar-refractivity contribution >= 4 is 17.0 Å². The van der Waals surface area contributed by atoms with Crippen LogP contribution in [-0.2, 0) is 5.41 Å². The number of fused-ring (bicyclic) bond motifs is 1. The zero-order chi connectivity index (χ0) is 22.3. The van der Waals surface area contributed by atoms with Crippen molar-refractivity contribution in [3.63, 3.8) is 0 Å². The Balaban J connectivity index is 1.78. The van der Waals surface area contributed by atoms with Gasteiger partial charge in [0.05, 0.1) is 0 Å². The number of nitrogens with zero attached hydrogens (tertiary/aromatic N) is 3. The molecule has 1 N–H and O–H groups in total. The van der Waals surface area contributed by atoms with Crippen molar-refractivity contribution in [2.24, 2.45) is 0 Å². The maximum Gasteiger partial charge on any atom is 0.252 e. The molecule has 0 unspecified atom stereocenters. The Labute approximate surface area is 178 Å². The van der Waals surface area contributed by atoms with Crippen molar-refractivity contribution < 1.29 is 18.1 Å². The number of carbonyl (C=O) groups is 1. The highest BCUT2D eigenvalue weighted by Gasteiger charge is 2.24. The number of aryl methyl sites for hydroxylation is 1. The van der Waals surface area contributed by atoms with Crippen LogP contribution in [0, 0.1) is 12.7 Å². The summed E-state index contributed by atoms with van der Waals surface area (Å²) in [7, 11) is 0. The fourth-order valence-electron chi connectivity index (χ4n) is 3.16. The van der Waals surface area contributed by atoms with Gasteiger partial charge in [0.15, 0.2) is 11.4 Å². The van der Waals surface area contributed by atoms with Gasteiger partial charge in [-0.25, -0.2) is 9.37 Å². The number of benzene rings is 2. The Morgan fingerprint density at radius 3 is 2.45 bits per heavy atom. The fourth-order valence-corrected chi connectivity index (χ4v) is 3.16. The molecule has 4 rings (SSSR count). The van der Waals surface area contributed by atoms with E-state index in [1.54, 1.807) is 38.1 Å². The van der Waals surface area contributed by atoms with Crippen LogP contribution in [0.5, 0.6) is 0 Å². The van der Waals surface area contributed by atoms with Crippen LogP contribution in [0.15, 0.2) is 45.3 Å². The highest BCUT2D eigenvalue weighted by molar-refractivity contribution is 6.02. The molecule has 0 saturated heterocycles. The second-order valence-corrected chi connectivity index (χ2v) is 8.52. The summed E-state index contributed by atoms with van der Waals surface area (Å²) in [6, 6.07) is 8.96. The molecule has 2 aromatic carbocycles. The monoisotopic (exact) mass is 422 g/mol. The van der Waals surface area contributed by atoms with E-state index < -0.39 is 6.04 Å². The predicted octanol–water partition coefficient (Wildman–Crippen LogP) is 5.11. The molecule has 2 heterocycles. The summed E-state index contributed by atoms with van der Waals surface area (Å²) in [6.07, 6.45) is 0. The van der Waals surface area contributed by atoms with E-state index in [-0.39, 0.29) is 17.1 Å². The van der Waals surface area contributed by atoms with E-state index in [1.165, 1.54) is 12.1 Å². The SMILES string of the molecule is Cc1noc([C@@H](C)NC(=O)c2cc(-c3ccc(F)cc3)c3oc(C(C)(C)C)nc3c2)n1. The van der Waals surface area contributed by atoms with Crippen LogP contribution in [0.3, 0.4) is 0 Å². The van der Waals surface area contributed by atoms with E-state index >= 15 is 0 Å². The molecule has 0 saturated carbocycles. The maximum atomic E-state index is 13.5. The molecule has 0 fully saturated rings. The molecular formula is C23H23FN4O3. The molecule has 8 heteroatoms. The summed E-state index contributed by atoms with van der Waals surface area (Å²) in [5.41, 5.74) is 2.56. The third-order valence-corrected chi connectivity index (χ3v) is 4.81. The van der Waals surface area contributed by atoms with Gasteiger partial charge in [-0.05, 0) is 43.7 Å². The molecule has 0 radical (unpaired) electrons. The Morgan fingerprint density at radius 1 is 1.13 bits per heavy atom. The summed E-state index contributed by atoms with van der Waals surface area (Å²) >= 11 is 0. The number of hydrogen-bond donors (Lipinski definition) is 1. The number of halogens is 1. The number of oxazole rings is 1. The van der Waals surface area contributed by atoms with Crippen LogP contribution in [0.2, 0.25) is 0 Å². The molecule has 160 valence electrons. The normalized spacial score (nSPS) is 12.8. The van der Waals surface area contributed by atoms with E-state index in [1.807, 2.05) is 20.8 Å². The number of rotatable bonds is 4. The number of amides is 1. The van der Waals surface area contributed by atoms with Crippen molar-refractivity contribution in [3.05, 3.63) is 65.4 Å². The lowest BCUT2D eigenvalue weighted by atomic mass is 9.97. The quantitative estimate of drug-likeness (QED) is 0.491. The van der Waals surface area contributed by atoms with Gasteiger partial charge in [0.1, 0.15) is 17.4 Å². The zero-order valence-corrected chi connectivity index (χ0v) is 18.0. The van der Waals surface area contributed by atoms with Crippen LogP contribution in [0.25, 0.3) is 22.2 Å². The van der Waals surface area contributed by atoms with E-state index in [0.717, 1.165) is 5.56 Å². The van der Waals surface area contributed by atoms with Crippen LogP contribution in [0.1, 0.15) is 61.7 Å². The average Bonchev–Trinajstić information content (AvgIpc) is 3.34. The van der Waals surface area contributed by atoms with Gasteiger partial charge >= 0.3 is 0 Å². The Bertz CT molecular complexity index is 1250. The fraction of sp³-hybridized carbons (Fsp3) is 0.304. The summed E-state index contributed by atoms with van der Waals surface area (Å²) < 4.78 is 24.7. The van der Waals surface area contributed by atoms with Gasteiger partial charge in [0, 0.05) is 16.5 Å². The Morgan fingerprint density at radius 2 is 1.84 bits per heavy atom. The third-order valence-electron chi connectivity index (χ3n) is 4.81. The van der Waals surface area contributed by atoms with Gasteiger partial charge in [0.25, 0.3) is 5.91 Å². The van der Waals surface area contributed by atoms with Crippen LogP contribution in [0.4, 0.5) is 4.39 Å². The largest absolute Gasteiger partial charge is 0.439 e. The standard InChI is InChI=1S/C23H23FN4O3/c1-12(21-26-13(2)28-31-21)25-20(29)15-10-17(14-6-8-16(24)9-7-14)19-18(11-15)27-22(30-19)23(3,4)5/h6-12H,1-5H3,(H,25,29)/t12-/m1/s1.